The summed E-state index contributed by atoms with van der Waals surface area (Å²) in [5.41, 5.74) is 0.318. The molecule has 6 nitrogen and oxygen atoms in total. The normalized spacial score (nSPS) is 11.6. The first-order chi connectivity index (χ1) is 11.8. The zero-order valence-electron chi connectivity index (χ0n) is 14.0. The van der Waals surface area contributed by atoms with E-state index in [1.165, 1.54) is 12.1 Å². The van der Waals surface area contributed by atoms with Crippen molar-refractivity contribution in [3.63, 3.8) is 0 Å². The van der Waals surface area contributed by atoms with Crippen LogP contribution in [0.2, 0.25) is 5.02 Å². The number of carboxylic acids is 1. The number of halogens is 2. The van der Waals surface area contributed by atoms with Crippen LogP contribution in [0.25, 0.3) is 0 Å². The lowest BCUT2D eigenvalue weighted by molar-refractivity contribution is -0.137. The molecule has 1 rings (SSSR count). The molecule has 1 unspecified atom stereocenters. The van der Waals surface area contributed by atoms with Crippen molar-refractivity contribution in [2.45, 2.75) is 45.1 Å². The quantitative estimate of drug-likeness (QED) is 0.588. The van der Waals surface area contributed by atoms with Gasteiger partial charge in [-0.2, -0.15) is 0 Å². The fraction of sp³-hybridized carbons (Fsp3) is 0.471. The Balaban J connectivity index is 2.59. The monoisotopic (exact) mass is 372 g/mol. The molecule has 2 amide bonds. The summed E-state index contributed by atoms with van der Waals surface area (Å²) in [7, 11) is 0. The van der Waals surface area contributed by atoms with Gasteiger partial charge in [-0.25, -0.2) is 4.39 Å². The van der Waals surface area contributed by atoms with Crippen LogP contribution in [0.5, 0.6) is 0 Å². The first-order valence-corrected chi connectivity index (χ1v) is 8.44. The van der Waals surface area contributed by atoms with E-state index >= 15 is 0 Å². The number of benzene rings is 1. The highest BCUT2D eigenvalue weighted by Crippen LogP contribution is 2.22. The van der Waals surface area contributed by atoms with Gasteiger partial charge in [-0.1, -0.05) is 24.6 Å². The molecule has 1 aromatic rings. The number of carbonyl (C=O) groups is 3. The molecule has 0 aromatic heterocycles. The van der Waals surface area contributed by atoms with Gasteiger partial charge in [0.15, 0.2) is 0 Å². The second kappa shape index (κ2) is 10.7. The maximum absolute atomic E-state index is 13.6. The van der Waals surface area contributed by atoms with Crippen LogP contribution in [-0.2, 0) is 14.4 Å². The van der Waals surface area contributed by atoms with Crippen molar-refractivity contribution in [1.29, 1.82) is 0 Å². The number of rotatable bonds is 10. The average Bonchev–Trinajstić information content (AvgIpc) is 2.54. The van der Waals surface area contributed by atoms with Crippen molar-refractivity contribution >= 4 is 29.4 Å². The van der Waals surface area contributed by atoms with Crippen LogP contribution < -0.4 is 10.6 Å². The van der Waals surface area contributed by atoms with Crippen LogP contribution in [0.15, 0.2) is 18.2 Å². The van der Waals surface area contributed by atoms with Crippen molar-refractivity contribution < 1.29 is 23.9 Å². The third-order valence-electron chi connectivity index (χ3n) is 3.44. The van der Waals surface area contributed by atoms with Gasteiger partial charge in [0.05, 0.1) is 17.5 Å². The van der Waals surface area contributed by atoms with E-state index in [2.05, 4.69) is 10.6 Å². The number of carbonyl (C=O) groups excluding carboxylic acids is 2. The highest BCUT2D eigenvalue weighted by Gasteiger charge is 2.19. The van der Waals surface area contributed by atoms with Crippen LogP contribution in [0.4, 0.5) is 4.39 Å². The fourth-order valence-electron chi connectivity index (χ4n) is 2.18. The molecule has 0 aliphatic carbocycles. The van der Waals surface area contributed by atoms with Crippen molar-refractivity contribution in [3.8, 4) is 0 Å². The molecule has 0 fully saturated rings. The third-order valence-corrected chi connectivity index (χ3v) is 3.75. The van der Waals surface area contributed by atoms with Crippen LogP contribution in [0, 0.1) is 5.82 Å². The average molecular weight is 373 g/mol. The molecular formula is C17H22ClFN2O4. The van der Waals surface area contributed by atoms with Crippen LogP contribution in [0.1, 0.15) is 50.6 Å². The van der Waals surface area contributed by atoms with E-state index in [1.807, 2.05) is 6.92 Å². The van der Waals surface area contributed by atoms with Crippen LogP contribution >= 0.6 is 11.6 Å². The standard InChI is InChI=1S/C17H22ClFN2O4/c1-2-8-20-15(22)4-3-5-16(23)21-14(10-17(24)25)11-6-7-12(18)13(19)9-11/h6-7,9,14H,2-5,8,10H2,1H3,(H,20,22)(H,21,23)(H,24,25). The summed E-state index contributed by atoms with van der Waals surface area (Å²) in [5.74, 6) is -2.34. The molecule has 0 aliphatic heterocycles. The van der Waals surface area contributed by atoms with E-state index < -0.39 is 23.7 Å². The molecule has 0 heterocycles. The van der Waals surface area contributed by atoms with E-state index in [0.29, 0.717) is 18.5 Å². The molecule has 0 spiro atoms. The smallest absolute Gasteiger partial charge is 0.305 e. The minimum Gasteiger partial charge on any atom is -0.481 e. The van der Waals surface area contributed by atoms with Crippen molar-refractivity contribution in [2.24, 2.45) is 0 Å². The fourth-order valence-corrected chi connectivity index (χ4v) is 2.30. The molecule has 138 valence electrons. The molecule has 0 saturated heterocycles. The van der Waals surface area contributed by atoms with Gasteiger partial charge in [-0.05, 0) is 30.5 Å². The summed E-state index contributed by atoms with van der Waals surface area (Å²) in [6.45, 7) is 2.53. The largest absolute Gasteiger partial charge is 0.481 e. The lowest BCUT2D eigenvalue weighted by Crippen LogP contribution is -2.30. The molecule has 0 radical (unpaired) electrons. The van der Waals surface area contributed by atoms with Crippen molar-refractivity contribution in [1.82, 2.24) is 10.6 Å². The van der Waals surface area contributed by atoms with Gasteiger partial charge >= 0.3 is 5.97 Å². The Morgan fingerprint density at radius 2 is 1.92 bits per heavy atom. The van der Waals surface area contributed by atoms with Gasteiger partial charge in [-0.15, -0.1) is 0 Å². The Labute approximate surface area is 150 Å². The number of aliphatic carboxylic acids is 1. The molecule has 3 N–H and O–H groups in total. The minimum atomic E-state index is -1.13. The maximum atomic E-state index is 13.6. The van der Waals surface area contributed by atoms with Crippen molar-refractivity contribution in [2.75, 3.05) is 6.54 Å². The molecule has 1 aromatic carbocycles. The third kappa shape index (κ3) is 7.98. The van der Waals surface area contributed by atoms with Gasteiger partial charge in [0.25, 0.3) is 0 Å². The van der Waals surface area contributed by atoms with E-state index in [0.717, 1.165) is 12.5 Å². The summed E-state index contributed by atoms with van der Waals surface area (Å²) in [6, 6.07) is 3.02. The zero-order valence-corrected chi connectivity index (χ0v) is 14.7. The molecule has 0 aliphatic rings. The Kier molecular flexibility index (Phi) is 8.91. The number of carboxylic acid groups (broad SMARTS) is 1. The second-order valence-electron chi connectivity index (χ2n) is 5.60. The van der Waals surface area contributed by atoms with E-state index in [9.17, 15) is 18.8 Å². The molecule has 0 saturated carbocycles. The summed E-state index contributed by atoms with van der Waals surface area (Å²) in [4.78, 5) is 34.5. The van der Waals surface area contributed by atoms with Gasteiger partial charge in [0, 0.05) is 19.4 Å². The Morgan fingerprint density at radius 3 is 2.52 bits per heavy atom. The minimum absolute atomic E-state index is 0.0751. The van der Waals surface area contributed by atoms with Crippen LogP contribution in [0.3, 0.4) is 0 Å². The maximum Gasteiger partial charge on any atom is 0.305 e. The Hall–Kier alpha value is -2.15. The number of nitrogens with one attached hydrogen (secondary N) is 2. The topological polar surface area (TPSA) is 95.5 Å². The number of hydrogen-bond acceptors (Lipinski definition) is 3. The predicted molar refractivity (Wildman–Crippen MR) is 91.7 cm³/mol. The van der Waals surface area contributed by atoms with Crippen molar-refractivity contribution in [3.05, 3.63) is 34.6 Å². The van der Waals surface area contributed by atoms with Gasteiger partial charge in [0.2, 0.25) is 11.8 Å². The molecule has 25 heavy (non-hydrogen) atoms. The second-order valence-corrected chi connectivity index (χ2v) is 6.00. The van der Waals surface area contributed by atoms with Crippen LogP contribution in [-0.4, -0.2) is 29.4 Å². The van der Waals surface area contributed by atoms with Gasteiger partial charge in [0.1, 0.15) is 5.82 Å². The highest BCUT2D eigenvalue weighted by molar-refractivity contribution is 6.30. The highest BCUT2D eigenvalue weighted by atomic mass is 35.5. The lowest BCUT2D eigenvalue weighted by Gasteiger charge is -2.18. The summed E-state index contributed by atoms with van der Waals surface area (Å²) in [6.07, 6.45) is 1.08. The first-order valence-electron chi connectivity index (χ1n) is 8.06. The van der Waals surface area contributed by atoms with Gasteiger partial charge in [-0.3, -0.25) is 14.4 Å². The van der Waals surface area contributed by atoms with E-state index in [4.69, 9.17) is 16.7 Å². The predicted octanol–water partition coefficient (Wildman–Crippen LogP) is 2.81. The number of hydrogen-bond donors (Lipinski definition) is 3. The van der Waals surface area contributed by atoms with E-state index in [-0.39, 0.29) is 30.2 Å². The summed E-state index contributed by atoms with van der Waals surface area (Å²) < 4.78 is 13.6. The molecule has 8 heteroatoms. The summed E-state index contributed by atoms with van der Waals surface area (Å²) >= 11 is 5.61. The SMILES string of the molecule is CCCNC(=O)CCCC(=O)NC(CC(=O)O)c1ccc(Cl)c(F)c1. The zero-order chi connectivity index (χ0) is 18.8. The Bertz CT molecular complexity index is 625. The first kappa shape index (κ1) is 20.9. The van der Waals surface area contributed by atoms with Gasteiger partial charge < -0.3 is 15.7 Å². The lowest BCUT2D eigenvalue weighted by atomic mass is 10.0. The summed E-state index contributed by atoms with van der Waals surface area (Å²) in [5, 5.41) is 14.2. The molecular weight excluding hydrogens is 351 g/mol. The van der Waals surface area contributed by atoms with E-state index in [1.54, 1.807) is 0 Å². The molecule has 1 atom stereocenters. The number of amides is 2. The molecule has 0 bridgehead atoms. The Morgan fingerprint density at radius 1 is 1.24 bits per heavy atom.